The minimum absolute atomic E-state index is 0.0976. The summed E-state index contributed by atoms with van der Waals surface area (Å²) in [5.41, 5.74) is -1.50. The molecular weight excluding hydrogens is 368 g/mol. The van der Waals surface area contributed by atoms with Crippen LogP contribution in [0.25, 0.3) is 0 Å². The molecule has 1 aromatic carbocycles. The maximum atomic E-state index is 12.1. The highest BCUT2D eigenvalue weighted by atomic mass is 16.6. The van der Waals surface area contributed by atoms with E-state index in [0.29, 0.717) is 0 Å². The Balaban J connectivity index is 2.81. The van der Waals surface area contributed by atoms with Crippen LogP contribution in [0.2, 0.25) is 0 Å². The number of alkyl carbamates (subject to hydrolysis) is 1. The lowest BCUT2D eigenvalue weighted by Crippen LogP contribution is -2.44. The van der Waals surface area contributed by atoms with Crippen LogP contribution in [0, 0.1) is 10.1 Å². The molecule has 0 aromatic heterocycles. The highest BCUT2D eigenvalue weighted by molar-refractivity contribution is 5.73. The van der Waals surface area contributed by atoms with Crippen LogP contribution in [0.15, 0.2) is 24.3 Å². The number of nitrogens with one attached hydrogen (secondary N) is 1. The second-order valence-electron chi connectivity index (χ2n) is 8.20. The van der Waals surface area contributed by atoms with E-state index in [0.717, 1.165) is 0 Å². The summed E-state index contributed by atoms with van der Waals surface area (Å²) in [4.78, 5) is 34.5. The average Bonchev–Trinajstić information content (AvgIpc) is 2.49. The van der Waals surface area contributed by atoms with E-state index in [1.54, 1.807) is 47.6 Å². The van der Waals surface area contributed by atoms with Crippen molar-refractivity contribution in [2.24, 2.45) is 0 Å². The highest BCUT2D eigenvalue weighted by Crippen LogP contribution is 2.19. The second-order valence-corrected chi connectivity index (χ2v) is 8.20. The van der Waals surface area contributed by atoms with Crippen LogP contribution < -0.4 is 10.1 Å². The van der Waals surface area contributed by atoms with Crippen LogP contribution in [-0.2, 0) is 14.3 Å². The van der Waals surface area contributed by atoms with Crippen molar-refractivity contribution in [1.29, 1.82) is 0 Å². The normalized spacial score (nSPS) is 12.6. The fourth-order valence-electron chi connectivity index (χ4n) is 2.09. The summed E-state index contributed by atoms with van der Waals surface area (Å²) in [6.07, 6.45) is -0.852. The van der Waals surface area contributed by atoms with Crippen LogP contribution >= 0.6 is 0 Å². The third-order valence-corrected chi connectivity index (χ3v) is 3.03. The van der Waals surface area contributed by atoms with Gasteiger partial charge in [0.15, 0.2) is 0 Å². The molecule has 0 bridgehead atoms. The molecule has 1 N–H and O–H groups in total. The number of nitrogens with zero attached hydrogens (tertiary/aromatic N) is 1. The Kier molecular flexibility index (Phi) is 7.78. The predicted octanol–water partition coefficient (Wildman–Crippen LogP) is 3.60. The predicted molar refractivity (Wildman–Crippen MR) is 102 cm³/mol. The van der Waals surface area contributed by atoms with Crippen molar-refractivity contribution in [2.75, 3.05) is 6.61 Å². The number of esters is 1. The Bertz CT molecular complexity index is 675. The second kappa shape index (κ2) is 9.38. The molecule has 28 heavy (non-hydrogen) atoms. The summed E-state index contributed by atoms with van der Waals surface area (Å²) in [6.45, 7) is 10.3. The highest BCUT2D eigenvalue weighted by Gasteiger charge is 2.25. The van der Waals surface area contributed by atoms with E-state index in [2.05, 4.69) is 5.32 Å². The number of hydrogen-bond donors (Lipinski definition) is 1. The van der Waals surface area contributed by atoms with Gasteiger partial charge in [0.2, 0.25) is 0 Å². The molecule has 0 aliphatic rings. The van der Waals surface area contributed by atoms with Gasteiger partial charge < -0.3 is 19.5 Å². The molecule has 0 heterocycles. The maximum Gasteiger partial charge on any atom is 0.408 e. The van der Waals surface area contributed by atoms with Gasteiger partial charge in [-0.2, -0.15) is 0 Å². The van der Waals surface area contributed by atoms with Gasteiger partial charge in [0, 0.05) is 6.07 Å². The summed E-state index contributed by atoms with van der Waals surface area (Å²) in [5.74, 6) is -0.273. The number of non-ortho nitro benzene ring substituents is 1. The lowest BCUT2D eigenvalue weighted by molar-refractivity contribution is -0.384. The van der Waals surface area contributed by atoms with Crippen molar-refractivity contribution in [3.05, 3.63) is 34.4 Å². The van der Waals surface area contributed by atoms with Gasteiger partial charge in [-0.05, 0) is 47.6 Å². The molecule has 0 radical (unpaired) electrons. The number of hydrogen-bond acceptors (Lipinski definition) is 7. The van der Waals surface area contributed by atoms with Crippen molar-refractivity contribution in [3.63, 3.8) is 0 Å². The zero-order valence-electron chi connectivity index (χ0n) is 17.1. The third-order valence-electron chi connectivity index (χ3n) is 3.03. The quantitative estimate of drug-likeness (QED) is 0.425. The van der Waals surface area contributed by atoms with Gasteiger partial charge in [0.25, 0.3) is 5.69 Å². The van der Waals surface area contributed by atoms with E-state index >= 15 is 0 Å². The first-order chi connectivity index (χ1) is 12.7. The molecule has 0 spiro atoms. The van der Waals surface area contributed by atoms with Crippen molar-refractivity contribution in [1.82, 2.24) is 5.32 Å². The number of nitro benzene ring substituents is 1. The Morgan fingerprint density at radius 3 is 2.25 bits per heavy atom. The first kappa shape index (κ1) is 23.2. The number of ether oxygens (including phenoxy) is 3. The number of carbonyl (C=O) groups excluding carboxylic acids is 2. The van der Waals surface area contributed by atoms with Crippen molar-refractivity contribution in [2.45, 2.75) is 65.2 Å². The molecule has 9 nitrogen and oxygen atoms in total. The molecule has 0 aliphatic heterocycles. The van der Waals surface area contributed by atoms with E-state index in [1.807, 2.05) is 0 Å². The molecule has 0 unspecified atom stereocenters. The van der Waals surface area contributed by atoms with Crippen LogP contribution in [0.1, 0.15) is 48.0 Å². The van der Waals surface area contributed by atoms with Gasteiger partial charge in [-0.25, -0.2) is 4.79 Å². The van der Waals surface area contributed by atoms with Crippen molar-refractivity contribution >= 4 is 17.7 Å². The summed E-state index contributed by atoms with van der Waals surface area (Å²) in [7, 11) is 0. The Morgan fingerprint density at radius 2 is 1.71 bits per heavy atom. The van der Waals surface area contributed by atoms with Crippen LogP contribution in [0.4, 0.5) is 10.5 Å². The third kappa shape index (κ3) is 9.75. The van der Waals surface area contributed by atoms with E-state index in [-0.39, 0.29) is 24.5 Å². The Labute approximate surface area is 164 Å². The molecule has 0 saturated carbocycles. The summed E-state index contributed by atoms with van der Waals surface area (Å²) in [5, 5.41) is 13.4. The van der Waals surface area contributed by atoms with Crippen LogP contribution in [0.3, 0.4) is 0 Å². The number of benzene rings is 1. The van der Waals surface area contributed by atoms with E-state index < -0.39 is 34.2 Å². The van der Waals surface area contributed by atoms with Gasteiger partial charge in [-0.15, -0.1) is 0 Å². The summed E-state index contributed by atoms with van der Waals surface area (Å²) < 4.78 is 16.0. The first-order valence-corrected chi connectivity index (χ1v) is 8.84. The van der Waals surface area contributed by atoms with Gasteiger partial charge in [0.1, 0.15) is 23.6 Å². The molecule has 0 aliphatic carbocycles. The molecule has 1 aromatic rings. The summed E-state index contributed by atoms with van der Waals surface area (Å²) >= 11 is 0. The standard InChI is InChI=1S/C19H28N2O7/c1-18(2,3)27-16(22)10-13(20-17(23)28-19(4,5)6)12-26-15-9-7-8-14(11-15)21(24)25/h7-9,11,13H,10,12H2,1-6H3,(H,20,23)/t13-/m1/s1. The van der Waals surface area contributed by atoms with E-state index in [9.17, 15) is 19.7 Å². The average molecular weight is 396 g/mol. The van der Waals surface area contributed by atoms with Gasteiger partial charge in [-0.1, -0.05) is 6.07 Å². The smallest absolute Gasteiger partial charge is 0.408 e. The topological polar surface area (TPSA) is 117 Å². The largest absolute Gasteiger partial charge is 0.491 e. The minimum atomic E-state index is -0.746. The minimum Gasteiger partial charge on any atom is -0.491 e. The van der Waals surface area contributed by atoms with Crippen molar-refractivity contribution < 1.29 is 28.7 Å². The maximum absolute atomic E-state index is 12.1. The molecule has 0 saturated heterocycles. The molecule has 9 heteroatoms. The summed E-state index contributed by atoms with van der Waals surface area (Å²) in [6, 6.07) is 4.88. The fraction of sp³-hybridized carbons (Fsp3) is 0.579. The Morgan fingerprint density at radius 1 is 1.11 bits per heavy atom. The zero-order valence-corrected chi connectivity index (χ0v) is 17.1. The van der Waals surface area contributed by atoms with Crippen LogP contribution in [0.5, 0.6) is 5.75 Å². The molecule has 1 rings (SSSR count). The number of amides is 1. The number of nitro groups is 1. The molecule has 1 atom stereocenters. The first-order valence-electron chi connectivity index (χ1n) is 8.84. The zero-order chi connectivity index (χ0) is 21.5. The monoisotopic (exact) mass is 396 g/mol. The molecule has 0 fully saturated rings. The van der Waals surface area contributed by atoms with Gasteiger partial charge in [0.05, 0.1) is 23.5 Å². The number of rotatable bonds is 7. The van der Waals surface area contributed by atoms with E-state index in [1.165, 1.54) is 18.2 Å². The van der Waals surface area contributed by atoms with Gasteiger partial charge >= 0.3 is 12.1 Å². The fourth-order valence-corrected chi connectivity index (χ4v) is 2.09. The Hall–Kier alpha value is -2.84. The van der Waals surface area contributed by atoms with Crippen molar-refractivity contribution in [3.8, 4) is 5.75 Å². The lowest BCUT2D eigenvalue weighted by Gasteiger charge is -2.25. The van der Waals surface area contributed by atoms with Crippen LogP contribution in [-0.4, -0.2) is 40.8 Å². The molecule has 156 valence electrons. The molecule has 1 amide bonds. The SMILES string of the molecule is CC(C)(C)OC(=O)C[C@H](COc1cccc([N+](=O)[O-])c1)NC(=O)OC(C)(C)C. The molecular formula is C19H28N2O7. The van der Waals surface area contributed by atoms with Gasteiger partial charge in [-0.3, -0.25) is 14.9 Å². The van der Waals surface area contributed by atoms with E-state index in [4.69, 9.17) is 14.2 Å². The number of carbonyl (C=O) groups is 2. The lowest BCUT2D eigenvalue weighted by atomic mass is 10.1.